The Hall–Kier alpha value is -2.16. The summed E-state index contributed by atoms with van der Waals surface area (Å²) in [6.45, 7) is 1.95. The summed E-state index contributed by atoms with van der Waals surface area (Å²) in [5.74, 6) is -0.628. The molecule has 132 valence electrons. The number of nitrogens with zero attached hydrogens (tertiary/aromatic N) is 2. The number of piperidine rings is 1. The molecule has 0 aromatic heterocycles. The highest BCUT2D eigenvalue weighted by atomic mass is 19.4. The third-order valence-corrected chi connectivity index (χ3v) is 4.20. The lowest BCUT2D eigenvalue weighted by molar-refractivity contribution is -0.385. The Morgan fingerprint density at radius 3 is 2.38 bits per heavy atom. The number of carbonyl (C=O) groups excluding carboxylic acids is 1. The second-order valence-electron chi connectivity index (χ2n) is 5.65. The number of methoxy groups -OCH3 is 1. The average Bonchev–Trinajstić information content (AvgIpc) is 2.53. The number of amides is 1. The first-order valence-electron chi connectivity index (χ1n) is 7.33. The van der Waals surface area contributed by atoms with E-state index in [1.807, 2.05) is 0 Å². The Labute approximate surface area is 136 Å². The molecule has 1 fully saturated rings. The topological polar surface area (TPSA) is 72.7 Å². The molecule has 1 aliphatic heterocycles. The van der Waals surface area contributed by atoms with Gasteiger partial charge >= 0.3 is 6.18 Å². The van der Waals surface area contributed by atoms with Crippen molar-refractivity contribution in [2.75, 3.05) is 20.2 Å². The van der Waals surface area contributed by atoms with Gasteiger partial charge in [-0.25, -0.2) is 0 Å². The van der Waals surface area contributed by atoms with Crippen molar-refractivity contribution in [3.8, 4) is 0 Å². The number of hydrogen-bond acceptors (Lipinski definition) is 4. The minimum Gasteiger partial charge on any atom is -0.381 e. The number of halogens is 3. The Balaban J connectivity index is 2.40. The molecule has 24 heavy (non-hydrogen) atoms. The van der Waals surface area contributed by atoms with Crippen LogP contribution < -0.4 is 0 Å². The van der Waals surface area contributed by atoms with Gasteiger partial charge in [-0.15, -0.1) is 0 Å². The fourth-order valence-corrected chi connectivity index (χ4v) is 2.74. The van der Waals surface area contributed by atoms with Crippen molar-refractivity contribution in [2.45, 2.75) is 32.0 Å². The molecule has 0 aliphatic carbocycles. The predicted molar refractivity (Wildman–Crippen MR) is 78.8 cm³/mol. The lowest BCUT2D eigenvalue weighted by Gasteiger charge is -2.31. The van der Waals surface area contributed by atoms with E-state index in [4.69, 9.17) is 4.74 Å². The third kappa shape index (κ3) is 3.66. The van der Waals surface area contributed by atoms with Crippen LogP contribution in [0, 0.1) is 17.0 Å². The van der Waals surface area contributed by atoms with Crippen molar-refractivity contribution in [3.63, 3.8) is 0 Å². The average molecular weight is 346 g/mol. The Morgan fingerprint density at radius 1 is 1.33 bits per heavy atom. The summed E-state index contributed by atoms with van der Waals surface area (Å²) in [5, 5.41) is 11.0. The zero-order valence-electron chi connectivity index (χ0n) is 13.2. The van der Waals surface area contributed by atoms with Crippen molar-refractivity contribution in [2.24, 2.45) is 0 Å². The van der Waals surface area contributed by atoms with Gasteiger partial charge in [-0.05, 0) is 25.8 Å². The summed E-state index contributed by atoms with van der Waals surface area (Å²) in [7, 11) is 1.56. The number of alkyl halides is 3. The quantitative estimate of drug-likeness (QED) is 0.622. The van der Waals surface area contributed by atoms with Crippen molar-refractivity contribution >= 4 is 11.6 Å². The third-order valence-electron chi connectivity index (χ3n) is 4.20. The second kappa shape index (κ2) is 6.76. The maximum Gasteiger partial charge on any atom is 0.416 e. The minimum atomic E-state index is -4.77. The molecule has 1 aromatic carbocycles. The Bertz CT molecular complexity index is 653. The molecule has 6 nitrogen and oxygen atoms in total. The van der Waals surface area contributed by atoms with E-state index < -0.39 is 28.3 Å². The second-order valence-corrected chi connectivity index (χ2v) is 5.65. The normalized spacial score (nSPS) is 16.3. The van der Waals surface area contributed by atoms with Gasteiger partial charge in [-0.3, -0.25) is 14.9 Å². The number of ether oxygens (including phenoxy) is 1. The Kier molecular flexibility index (Phi) is 5.12. The van der Waals surface area contributed by atoms with Crippen LogP contribution in [0.15, 0.2) is 12.1 Å². The van der Waals surface area contributed by atoms with E-state index >= 15 is 0 Å². The summed E-state index contributed by atoms with van der Waals surface area (Å²) in [6.07, 6.45) is -3.62. The molecule has 1 aromatic rings. The van der Waals surface area contributed by atoms with E-state index in [-0.39, 0.29) is 17.2 Å². The standard InChI is InChI=1S/C15H17F3N2O4/c1-9-12(14(21)19-5-3-11(24-2)4-6-19)7-10(15(16,17)18)8-13(9)20(22)23/h7-8,11H,3-6H2,1-2H3. The molecule has 1 heterocycles. The molecule has 1 saturated heterocycles. The van der Waals surface area contributed by atoms with Gasteiger partial charge in [0.2, 0.25) is 0 Å². The molecule has 0 atom stereocenters. The van der Waals surface area contributed by atoms with Gasteiger partial charge in [0.25, 0.3) is 11.6 Å². The number of carbonyl (C=O) groups is 1. The fraction of sp³-hybridized carbons (Fsp3) is 0.533. The zero-order chi connectivity index (χ0) is 18.1. The number of rotatable bonds is 3. The van der Waals surface area contributed by atoms with Gasteiger partial charge in [0.05, 0.1) is 16.6 Å². The van der Waals surface area contributed by atoms with Crippen LogP contribution in [0.5, 0.6) is 0 Å². The van der Waals surface area contributed by atoms with Crippen LogP contribution >= 0.6 is 0 Å². The predicted octanol–water partition coefficient (Wildman–Crippen LogP) is 3.17. The van der Waals surface area contributed by atoms with Crippen molar-refractivity contribution in [1.82, 2.24) is 4.90 Å². The maximum absolute atomic E-state index is 13.0. The maximum atomic E-state index is 13.0. The van der Waals surface area contributed by atoms with Gasteiger partial charge in [0.15, 0.2) is 0 Å². The molecule has 0 spiro atoms. The fourth-order valence-electron chi connectivity index (χ4n) is 2.74. The van der Waals surface area contributed by atoms with E-state index in [0.29, 0.717) is 38.1 Å². The van der Waals surface area contributed by atoms with Crippen molar-refractivity contribution in [3.05, 3.63) is 38.9 Å². The number of likely N-dealkylation sites (tertiary alicyclic amines) is 1. The van der Waals surface area contributed by atoms with Crippen molar-refractivity contribution in [1.29, 1.82) is 0 Å². The van der Waals surface area contributed by atoms with Gasteiger partial charge in [0.1, 0.15) is 0 Å². The molecule has 0 bridgehead atoms. The molecular formula is C15H17F3N2O4. The van der Waals surface area contributed by atoms with Gasteiger partial charge < -0.3 is 9.64 Å². The van der Waals surface area contributed by atoms with Crippen LogP contribution in [-0.4, -0.2) is 42.0 Å². The first-order chi connectivity index (χ1) is 11.1. The van der Waals surface area contributed by atoms with E-state index in [1.54, 1.807) is 7.11 Å². The highest BCUT2D eigenvalue weighted by molar-refractivity contribution is 5.97. The summed E-state index contributed by atoms with van der Waals surface area (Å²) in [5.41, 5.74) is -2.26. The molecule has 0 radical (unpaired) electrons. The number of benzene rings is 1. The molecule has 0 saturated carbocycles. The molecule has 0 unspecified atom stereocenters. The molecule has 2 rings (SSSR count). The smallest absolute Gasteiger partial charge is 0.381 e. The van der Waals surface area contributed by atoms with Crippen LogP contribution in [0.1, 0.15) is 34.3 Å². The van der Waals surface area contributed by atoms with E-state index in [0.717, 1.165) is 0 Å². The van der Waals surface area contributed by atoms with Crippen LogP contribution in [0.2, 0.25) is 0 Å². The summed E-state index contributed by atoms with van der Waals surface area (Å²) >= 11 is 0. The van der Waals surface area contributed by atoms with Gasteiger partial charge in [0, 0.05) is 37.4 Å². The first-order valence-corrected chi connectivity index (χ1v) is 7.33. The minimum absolute atomic E-state index is 0.00555. The first kappa shape index (κ1) is 18.2. The monoisotopic (exact) mass is 346 g/mol. The lowest BCUT2D eigenvalue weighted by atomic mass is 9.99. The lowest BCUT2D eigenvalue weighted by Crippen LogP contribution is -2.41. The van der Waals surface area contributed by atoms with E-state index in [9.17, 15) is 28.1 Å². The van der Waals surface area contributed by atoms with Crippen LogP contribution in [0.25, 0.3) is 0 Å². The van der Waals surface area contributed by atoms with Gasteiger partial charge in [-0.2, -0.15) is 13.2 Å². The molecule has 9 heteroatoms. The summed E-state index contributed by atoms with van der Waals surface area (Å²) in [4.78, 5) is 24.1. The summed E-state index contributed by atoms with van der Waals surface area (Å²) < 4.78 is 44.1. The van der Waals surface area contributed by atoms with E-state index in [2.05, 4.69) is 0 Å². The SMILES string of the molecule is COC1CCN(C(=O)c2cc(C(F)(F)F)cc([N+](=O)[O-])c2C)CC1. The zero-order valence-corrected chi connectivity index (χ0v) is 13.2. The van der Waals surface area contributed by atoms with Crippen LogP contribution in [-0.2, 0) is 10.9 Å². The Morgan fingerprint density at radius 2 is 1.92 bits per heavy atom. The van der Waals surface area contributed by atoms with Crippen molar-refractivity contribution < 1.29 is 27.6 Å². The van der Waals surface area contributed by atoms with E-state index in [1.165, 1.54) is 11.8 Å². The highest BCUT2D eigenvalue weighted by Gasteiger charge is 2.36. The largest absolute Gasteiger partial charge is 0.416 e. The molecule has 0 N–H and O–H groups in total. The van der Waals surface area contributed by atoms with Crippen LogP contribution in [0.3, 0.4) is 0 Å². The summed E-state index contributed by atoms with van der Waals surface area (Å²) in [6, 6.07) is 1.15. The van der Waals surface area contributed by atoms with Crippen LogP contribution in [0.4, 0.5) is 18.9 Å². The van der Waals surface area contributed by atoms with Gasteiger partial charge in [-0.1, -0.05) is 0 Å². The number of nitro benzene ring substituents is 1. The highest BCUT2D eigenvalue weighted by Crippen LogP contribution is 2.35. The number of nitro groups is 1. The molecule has 1 amide bonds. The molecule has 1 aliphatic rings. The molecular weight excluding hydrogens is 329 g/mol. The number of hydrogen-bond donors (Lipinski definition) is 0.